The number of anilines is 1. The molecule has 0 radical (unpaired) electrons. The molecular weight excluding hydrogens is 392 g/mol. The molecule has 1 aromatic carbocycles. The molecule has 1 saturated carbocycles. The summed E-state index contributed by atoms with van der Waals surface area (Å²) >= 11 is 1.39. The number of esters is 1. The van der Waals surface area contributed by atoms with E-state index < -0.39 is 11.7 Å². The number of rotatable bonds is 7. The van der Waals surface area contributed by atoms with Crippen LogP contribution < -0.4 is 11.1 Å². The summed E-state index contributed by atoms with van der Waals surface area (Å²) in [5.74, 6) is -0.856. The first kappa shape index (κ1) is 19.4. The van der Waals surface area contributed by atoms with Crippen LogP contribution in [0.2, 0.25) is 0 Å². The number of para-hydroxylation sites is 2. The van der Waals surface area contributed by atoms with Crippen LogP contribution >= 0.6 is 11.3 Å². The highest BCUT2D eigenvalue weighted by Gasteiger charge is 2.31. The molecule has 2 heterocycles. The number of carbonyl (C=O) groups is 2. The normalized spacial score (nSPS) is 13.6. The summed E-state index contributed by atoms with van der Waals surface area (Å²) in [7, 11) is 0. The topological polar surface area (TPSA) is 90.5 Å². The van der Waals surface area contributed by atoms with Crippen LogP contribution in [0.3, 0.4) is 0 Å². The van der Waals surface area contributed by atoms with Gasteiger partial charge in [-0.2, -0.15) is 0 Å². The van der Waals surface area contributed by atoms with Gasteiger partial charge in [0.15, 0.2) is 5.58 Å². The number of fused-ring (bicyclic) bond motifs is 1. The van der Waals surface area contributed by atoms with Crippen LogP contribution in [0.25, 0.3) is 11.1 Å². The fourth-order valence-corrected chi connectivity index (χ4v) is 4.26. The number of amides is 1. The summed E-state index contributed by atoms with van der Waals surface area (Å²) in [6.07, 6.45) is 2.27. The van der Waals surface area contributed by atoms with Crippen molar-refractivity contribution in [2.45, 2.75) is 39.7 Å². The van der Waals surface area contributed by atoms with Crippen molar-refractivity contribution in [3.05, 3.63) is 50.8 Å². The average Bonchev–Trinajstić information content (AvgIpc) is 3.44. The third-order valence-electron chi connectivity index (χ3n) is 5.11. The SMILES string of the molecule is Cc1sc(NC(=O)C2CC2)c(C(=O)OCCCn2c(=O)oc3ccccc32)c1C. The number of nitrogens with zero attached hydrogens (tertiary/aromatic N) is 1. The zero-order valence-corrected chi connectivity index (χ0v) is 17.1. The second-order valence-corrected chi connectivity index (χ2v) is 8.45. The Morgan fingerprint density at radius 3 is 2.79 bits per heavy atom. The first-order valence-electron chi connectivity index (χ1n) is 9.62. The van der Waals surface area contributed by atoms with Gasteiger partial charge in [-0.3, -0.25) is 9.36 Å². The van der Waals surface area contributed by atoms with E-state index in [0.29, 0.717) is 29.1 Å². The van der Waals surface area contributed by atoms with Crippen molar-refractivity contribution in [1.29, 1.82) is 0 Å². The van der Waals surface area contributed by atoms with Crippen LogP contribution in [-0.4, -0.2) is 23.1 Å². The van der Waals surface area contributed by atoms with Crippen LogP contribution in [0.5, 0.6) is 0 Å². The van der Waals surface area contributed by atoms with Crippen molar-refractivity contribution in [3.63, 3.8) is 0 Å². The lowest BCUT2D eigenvalue weighted by molar-refractivity contribution is -0.117. The molecule has 0 saturated heterocycles. The predicted octanol–water partition coefficient (Wildman–Crippen LogP) is 3.87. The van der Waals surface area contributed by atoms with Crippen LogP contribution in [0.15, 0.2) is 33.5 Å². The molecular formula is C21H22N2O5S. The lowest BCUT2D eigenvalue weighted by atomic mass is 10.1. The maximum Gasteiger partial charge on any atom is 0.419 e. The number of hydrogen-bond acceptors (Lipinski definition) is 6. The zero-order chi connectivity index (χ0) is 20.5. The third kappa shape index (κ3) is 3.98. The molecule has 0 atom stereocenters. The number of nitrogens with one attached hydrogen (secondary N) is 1. The van der Waals surface area contributed by atoms with E-state index in [1.54, 1.807) is 6.07 Å². The molecule has 0 spiro atoms. The minimum Gasteiger partial charge on any atom is -0.462 e. The number of aromatic nitrogens is 1. The number of ether oxygens (including phenoxy) is 1. The lowest BCUT2D eigenvalue weighted by Crippen LogP contribution is -2.18. The summed E-state index contributed by atoms with van der Waals surface area (Å²) in [5.41, 5.74) is 2.50. The van der Waals surface area contributed by atoms with Crippen molar-refractivity contribution in [3.8, 4) is 0 Å². The Kier molecular flexibility index (Phi) is 5.27. The Bertz CT molecular complexity index is 1140. The molecule has 1 N–H and O–H groups in total. The molecule has 7 nitrogen and oxygen atoms in total. The first-order valence-corrected chi connectivity index (χ1v) is 10.4. The van der Waals surface area contributed by atoms with E-state index in [0.717, 1.165) is 28.8 Å². The molecule has 0 bridgehead atoms. The van der Waals surface area contributed by atoms with Crippen LogP contribution in [0.1, 0.15) is 40.1 Å². The Hall–Kier alpha value is -2.87. The second-order valence-electron chi connectivity index (χ2n) is 7.23. The van der Waals surface area contributed by atoms with Gasteiger partial charge in [-0.1, -0.05) is 12.1 Å². The molecule has 0 unspecified atom stereocenters. The summed E-state index contributed by atoms with van der Waals surface area (Å²) in [6, 6.07) is 7.21. The van der Waals surface area contributed by atoms with Gasteiger partial charge in [-0.25, -0.2) is 9.59 Å². The van der Waals surface area contributed by atoms with Crippen LogP contribution in [0, 0.1) is 19.8 Å². The number of hydrogen-bond donors (Lipinski definition) is 1. The Morgan fingerprint density at radius 2 is 2.03 bits per heavy atom. The van der Waals surface area contributed by atoms with E-state index in [2.05, 4.69) is 5.32 Å². The van der Waals surface area contributed by atoms with Crippen LogP contribution in [0.4, 0.5) is 5.00 Å². The minimum atomic E-state index is -0.456. The molecule has 29 heavy (non-hydrogen) atoms. The van der Waals surface area contributed by atoms with Gasteiger partial charge in [-0.15, -0.1) is 11.3 Å². The lowest BCUT2D eigenvalue weighted by Gasteiger charge is -2.08. The quantitative estimate of drug-likeness (QED) is 0.468. The summed E-state index contributed by atoms with van der Waals surface area (Å²) < 4.78 is 12.2. The van der Waals surface area contributed by atoms with Gasteiger partial charge in [0.05, 0.1) is 17.7 Å². The molecule has 1 amide bonds. The van der Waals surface area contributed by atoms with Gasteiger partial charge >= 0.3 is 11.7 Å². The Balaban J connectivity index is 1.39. The maximum absolute atomic E-state index is 12.7. The molecule has 0 aliphatic heterocycles. The highest BCUT2D eigenvalue weighted by Crippen LogP contribution is 2.36. The average molecular weight is 414 g/mol. The number of carbonyl (C=O) groups excluding carboxylic acids is 2. The molecule has 1 aliphatic carbocycles. The number of benzene rings is 1. The molecule has 152 valence electrons. The van der Waals surface area contributed by atoms with Crippen molar-refractivity contribution in [1.82, 2.24) is 4.57 Å². The second kappa shape index (κ2) is 7.87. The van der Waals surface area contributed by atoms with Crippen molar-refractivity contribution >= 4 is 39.3 Å². The number of thiophene rings is 1. The van der Waals surface area contributed by atoms with E-state index in [4.69, 9.17) is 9.15 Å². The van der Waals surface area contributed by atoms with Gasteiger partial charge in [0.2, 0.25) is 5.91 Å². The summed E-state index contributed by atoms with van der Waals surface area (Å²) in [6.45, 7) is 4.32. The highest BCUT2D eigenvalue weighted by atomic mass is 32.1. The molecule has 3 aromatic rings. The Morgan fingerprint density at radius 1 is 1.28 bits per heavy atom. The van der Waals surface area contributed by atoms with Gasteiger partial charge in [-0.05, 0) is 50.8 Å². The van der Waals surface area contributed by atoms with E-state index in [-0.39, 0.29) is 18.4 Å². The standard InChI is InChI=1S/C21H22N2O5S/c1-12-13(2)29-19(22-18(24)14-8-9-14)17(12)20(25)27-11-5-10-23-15-6-3-4-7-16(15)28-21(23)26/h3-4,6-7,14H,5,8-11H2,1-2H3,(H,22,24). The Labute approximate surface area is 171 Å². The fraction of sp³-hybridized carbons (Fsp3) is 0.381. The van der Waals surface area contributed by atoms with Crippen molar-refractivity contribution in [2.24, 2.45) is 5.92 Å². The first-order chi connectivity index (χ1) is 14.0. The van der Waals surface area contributed by atoms with E-state index in [9.17, 15) is 14.4 Å². The molecule has 2 aromatic heterocycles. The summed E-state index contributed by atoms with van der Waals surface area (Å²) in [5, 5.41) is 3.43. The number of oxazole rings is 1. The van der Waals surface area contributed by atoms with E-state index in [1.807, 2.05) is 32.0 Å². The predicted molar refractivity (Wildman–Crippen MR) is 111 cm³/mol. The monoisotopic (exact) mass is 414 g/mol. The van der Waals surface area contributed by atoms with Gasteiger partial charge in [0, 0.05) is 17.3 Å². The fourth-order valence-electron chi connectivity index (χ4n) is 3.21. The van der Waals surface area contributed by atoms with Crippen molar-refractivity contribution in [2.75, 3.05) is 11.9 Å². The number of aryl methyl sites for hydroxylation is 2. The van der Waals surface area contributed by atoms with Gasteiger partial charge in [0.25, 0.3) is 0 Å². The minimum absolute atomic E-state index is 0.0356. The van der Waals surface area contributed by atoms with Crippen molar-refractivity contribution < 1.29 is 18.7 Å². The third-order valence-corrected chi connectivity index (χ3v) is 6.23. The highest BCUT2D eigenvalue weighted by molar-refractivity contribution is 7.16. The molecule has 8 heteroatoms. The van der Waals surface area contributed by atoms with E-state index in [1.165, 1.54) is 15.9 Å². The molecule has 1 aliphatic rings. The van der Waals surface area contributed by atoms with Gasteiger partial charge in [0.1, 0.15) is 5.00 Å². The van der Waals surface area contributed by atoms with Gasteiger partial charge < -0.3 is 14.5 Å². The molecule has 4 rings (SSSR count). The largest absolute Gasteiger partial charge is 0.462 e. The van der Waals surface area contributed by atoms with E-state index >= 15 is 0 Å². The van der Waals surface area contributed by atoms with Crippen LogP contribution in [-0.2, 0) is 16.1 Å². The summed E-state index contributed by atoms with van der Waals surface area (Å²) in [4.78, 5) is 37.7. The maximum atomic E-state index is 12.7. The zero-order valence-electron chi connectivity index (χ0n) is 16.3. The molecule has 1 fully saturated rings. The smallest absolute Gasteiger partial charge is 0.419 e.